The van der Waals surface area contributed by atoms with Gasteiger partial charge in [0, 0.05) is 22.0 Å². The predicted octanol–water partition coefficient (Wildman–Crippen LogP) is 12.6. The summed E-state index contributed by atoms with van der Waals surface area (Å²) in [5.74, 6) is 0. The monoisotopic (exact) mass is 623 g/mol. The number of fused-ring (bicyclic) bond motifs is 15. The highest BCUT2D eigenvalue weighted by molar-refractivity contribution is 6.21. The largest absolute Gasteiger partial charge is 0.454 e. The van der Waals surface area contributed by atoms with Crippen LogP contribution in [0.5, 0.6) is 0 Å². The van der Waals surface area contributed by atoms with Crippen LogP contribution in [0.4, 0.5) is 17.1 Å². The van der Waals surface area contributed by atoms with Crippen molar-refractivity contribution in [1.29, 1.82) is 0 Å². The van der Waals surface area contributed by atoms with Gasteiger partial charge in [0.1, 0.15) is 5.58 Å². The van der Waals surface area contributed by atoms with E-state index in [-0.39, 0.29) is 0 Å². The van der Waals surface area contributed by atoms with Crippen molar-refractivity contribution < 1.29 is 4.42 Å². The van der Waals surface area contributed by atoms with Gasteiger partial charge in [0.05, 0.1) is 16.8 Å². The average molecular weight is 624 g/mol. The normalized spacial score (nSPS) is 13.5. The molecule has 2 aliphatic rings. The lowest BCUT2D eigenvalue weighted by atomic mass is 9.70. The molecule has 0 aliphatic heterocycles. The van der Waals surface area contributed by atoms with Crippen LogP contribution >= 0.6 is 0 Å². The molecule has 1 heterocycles. The molecule has 0 saturated heterocycles. The Morgan fingerprint density at radius 1 is 0.408 bits per heavy atom. The SMILES string of the molecule is c1ccc(N(c2cccc3c2C2(c4ccccc4-c4ccccc42)c2ccccc2-3)c2cccc3c2oc2ccc4ccccc4c23)cc1. The third-order valence-electron chi connectivity index (χ3n) is 10.9. The van der Waals surface area contributed by atoms with Crippen molar-refractivity contribution in [3.05, 3.63) is 198 Å². The van der Waals surface area contributed by atoms with E-state index >= 15 is 0 Å². The zero-order chi connectivity index (χ0) is 32.1. The number of anilines is 3. The smallest absolute Gasteiger partial charge is 0.159 e. The molecule has 8 aromatic carbocycles. The summed E-state index contributed by atoms with van der Waals surface area (Å²) in [6, 6.07) is 64.1. The van der Waals surface area contributed by atoms with Crippen LogP contribution in [0.25, 0.3) is 55.0 Å². The summed E-state index contributed by atoms with van der Waals surface area (Å²) in [4.78, 5) is 2.43. The van der Waals surface area contributed by atoms with E-state index in [1.165, 1.54) is 55.3 Å². The van der Waals surface area contributed by atoms with Gasteiger partial charge < -0.3 is 9.32 Å². The number of hydrogen-bond acceptors (Lipinski definition) is 2. The summed E-state index contributed by atoms with van der Waals surface area (Å²) < 4.78 is 6.88. The summed E-state index contributed by atoms with van der Waals surface area (Å²) in [6.07, 6.45) is 0. The van der Waals surface area contributed by atoms with Crippen LogP contribution in [0, 0.1) is 0 Å². The first-order chi connectivity index (χ1) is 24.3. The number of furan rings is 1. The Balaban J connectivity index is 1.28. The fraction of sp³-hybridized carbons (Fsp3) is 0.0213. The predicted molar refractivity (Wildman–Crippen MR) is 202 cm³/mol. The molecule has 1 spiro atoms. The fourth-order valence-electron chi connectivity index (χ4n) is 9.03. The molecule has 2 aliphatic carbocycles. The first kappa shape index (κ1) is 26.7. The second-order valence-corrected chi connectivity index (χ2v) is 13.2. The Morgan fingerprint density at radius 2 is 0.959 bits per heavy atom. The third-order valence-corrected chi connectivity index (χ3v) is 10.9. The van der Waals surface area contributed by atoms with Crippen LogP contribution in [0.3, 0.4) is 0 Å². The maximum Gasteiger partial charge on any atom is 0.159 e. The Labute approximate surface area is 284 Å². The molecule has 9 aromatic rings. The molecule has 0 unspecified atom stereocenters. The van der Waals surface area contributed by atoms with Crippen molar-refractivity contribution in [2.24, 2.45) is 0 Å². The lowest BCUT2D eigenvalue weighted by Crippen LogP contribution is -2.28. The minimum absolute atomic E-state index is 0.485. The number of benzene rings is 8. The first-order valence-electron chi connectivity index (χ1n) is 16.9. The van der Waals surface area contributed by atoms with Crippen LogP contribution < -0.4 is 4.90 Å². The maximum absolute atomic E-state index is 6.88. The topological polar surface area (TPSA) is 16.4 Å². The maximum atomic E-state index is 6.88. The van der Waals surface area contributed by atoms with Gasteiger partial charge in [0.25, 0.3) is 0 Å². The summed E-state index contributed by atoms with van der Waals surface area (Å²) in [5.41, 5.74) is 15.0. The second kappa shape index (κ2) is 9.82. The van der Waals surface area contributed by atoms with Crippen molar-refractivity contribution in [2.75, 3.05) is 4.90 Å². The molecule has 0 fully saturated rings. The summed E-state index contributed by atoms with van der Waals surface area (Å²) >= 11 is 0. The molecule has 49 heavy (non-hydrogen) atoms. The lowest BCUT2D eigenvalue weighted by molar-refractivity contribution is 0.669. The Kier molecular flexibility index (Phi) is 5.34. The van der Waals surface area contributed by atoms with Gasteiger partial charge in [-0.25, -0.2) is 0 Å². The van der Waals surface area contributed by atoms with E-state index in [0.717, 1.165) is 39.0 Å². The van der Waals surface area contributed by atoms with Crippen LogP contribution in [-0.4, -0.2) is 0 Å². The molecule has 0 amide bonds. The first-order valence-corrected chi connectivity index (χ1v) is 16.9. The molecule has 0 atom stereocenters. The van der Waals surface area contributed by atoms with Crippen molar-refractivity contribution in [1.82, 2.24) is 0 Å². The van der Waals surface area contributed by atoms with Crippen molar-refractivity contribution >= 4 is 49.8 Å². The number of nitrogens with zero attached hydrogens (tertiary/aromatic N) is 1. The zero-order valence-electron chi connectivity index (χ0n) is 26.6. The average Bonchev–Trinajstić information content (AvgIpc) is 3.81. The van der Waals surface area contributed by atoms with Gasteiger partial charge in [-0.3, -0.25) is 0 Å². The quantitative estimate of drug-likeness (QED) is 0.195. The molecule has 1 aromatic heterocycles. The van der Waals surface area contributed by atoms with E-state index in [4.69, 9.17) is 4.42 Å². The Hall–Kier alpha value is -6.38. The highest BCUT2D eigenvalue weighted by Crippen LogP contribution is 2.65. The minimum atomic E-state index is -0.485. The molecular formula is C47H29NO. The lowest BCUT2D eigenvalue weighted by Gasteiger charge is -2.35. The summed E-state index contributed by atoms with van der Waals surface area (Å²) in [5, 5.41) is 4.69. The van der Waals surface area contributed by atoms with Gasteiger partial charge in [0.2, 0.25) is 0 Å². The molecule has 2 heteroatoms. The van der Waals surface area contributed by atoms with E-state index < -0.39 is 5.41 Å². The zero-order valence-corrected chi connectivity index (χ0v) is 26.6. The number of hydrogen-bond donors (Lipinski definition) is 0. The Bertz CT molecular complexity index is 2730. The molecule has 228 valence electrons. The van der Waals surface area contributed by atoms with Crippen LogP contribution in [-0.2, 0) is 5.41 Å². The van der Waals surface area contributed by atoms with E-state index in [1.54, 1.807) is 0 Å². The third kappa shape index (κ3) is 3.40. The van der Waals surface area contributed by atoms with Crippen molar-refractivity contribution in [3.63, 3.8) is 0 Å². The second-order valence-electron chi connectivity index (χ2n) is 13.2. The van der Waals surface area contributed by atoms with E-state index in [2.05, 4.69) is 181 Å². The number of para-hydroxylation sites is 2. The molecule has 0 bridgehead atoms. The highest BCUT2D eigenvalue weighted by Gasteiger charge is 2.53. The van der Waals surface area contributed by atoms with E-state index in [0.29, 0.717) is 0 Å². The summed E-state index contributed by atoms with van der Waals surface area (Å²) in [6.45, 7) is 0. The van der Waals surface area contributed by atoms with E-state index in [1.807, 2.05) is 0 Å². The van der Waals surface area contributed by atoms with Gasteiger partial charge in [-0.1, -0.05) is 146 Å². The van der Waals surface area contributed by atoms with Crippen LogP contribution in [0.1, 0.15) is 22.3 Å². The van der Waals surface area contributed by atoms with Crippen LogP contribution in [0.15, 0.2) is 180 Å². The fourth-order valence-corrected chi connectivity index (χ4v) is 9.03. The molecule has 0 N–H and O–H groups in total. The molecular weight excluding hydrogens is 595 g/mol. The van der Waals surface area contributed by atoms with E-state index in [9.17, 15) is 0 Å². The highest BCUT2D eigenvalue weighted by atomic mass is 16.3. The van der Waals surface area contributed by atoms with Crippen molar-refractivity contribution in [3.8, 4) is 22.3 Å². The standard InChI is InChI=1S/C47H29NO/c1-2-15-31(16-3-1)48(42-27-13-22-37-44-32-17-5-4-14-30(32)28-29-43(44)49-46(37)42)41-26-12-21-36-35-20-8-11-25-40(35)47(45(36)41)38-23-9-6-18-33(38)34-19-7-10-24-39(34)47/h1-29H. The van der Waals surface area contributed by atoms with Gasteiger partial charge in [-0.15, -0.1) is 0 Å². The van der Waals surface area contributed by atoms with Gasteiger partial charge in [0.15, 0.2) is 5.58 Å². The van der Waals surface area contributed by atoms with Gasteiger partial charge in [-0.05, 0) is 80.0 Å². The summed E-state index contributed by atoms with van der Waals surface area (Å²) in [7, 11) is 0. The van der Waals surface area contributed by atoms with Gasteiger partial charge in [-0.2, -0.15) is 0 Å². The molecule has 2 nitrogen and oxygen atoms in total. The Morgan fingerprint density at radius 3 is 1.69 bits per heavy atom. The minimum Gasteiger partial charge on any atom is -0.454 e. The number of rotatable bonds is 3. The van der Waals surface area contributed by atoms with Crippen molar-refractivity contribution in [2.45, 2.75) is 5.41 Å². The molecule has 11 rings (SSSR count). The van der Waals surface area contributed by atoms with Gasteiger partial charge >= 0.3 is 0 Å². The molecule has 0 saturated carbocycles. The van der Waals surface area contributed by atoms with Crippen LogP contribution in [0.2, 0.25) is 0 Å². The molecule has 0 radical (unpaired) electrons.